The summed E-state index contributed by atoms with van der Waals surface area (Å²) in [4.78, 5) is 16.4. The lowest BCUT2D eigenvalue weighted by atomic mass is 9.96. The number of pyridine rings is 1. The van der Waals surface area contributed by atoms with E-state index in [1.165, 1.54) is 5.56 Å². The molecule has 1 aliphatic heterocycles. The molecule has 0 saturated heterocycles. The van der Waals surface area contributed by atoms with Crippen LogP contribution in [0.25, 0.3) is 0 Å². The van der Waals surface area contributed by atoms with Gasteiger partial charge in [-0.05, 0) is 35.2 Å². The van der Waals surface area contributed by atoms with Gasteiger partial charge in [-0.15, -0.1) is 0 Å². The van der Waals surface area contributed by atoms with E-state index in [4.69, 9.17) is 4.74 Å². The molecule has 0 saturated carbocycles. The molecular formula is C20H20N4O2. The lowest BCUT2D eigenvalue weighted by molar-refractivity contribution is -0.119. The van der Waals surface area contributed by atoms with Crippen LogP contribution in [0, 0.1) is 0 Å². The molecule has 1 aromatic carbocycles. The number of rotatable bonds is 5. The van der Waals surface area contributed by atoms with Crippen LogP contribution >= 0.6 is 0 Å². The van der Waals surface area contributed by atoms with Gasteiger partial charge in [0.1, 0.15) is 0 Å². The normalized spacial score (nSPS) is 16.1. The molecule has 1 N–H and O–H groups in total. The first-order valence-corrected chi connectivity index (χ1v) is 8.69. The molecule has 0 spiro atoms. The second-order valence-corrected chi connectivity index (χ2v) is 6.31. The first-order chi connectivity index (χ1) is 12.8. The van der Waals surface area contributed by atoms with Crippen LogP contribution in [0.15, 0.2) is 61.1 Å². The van der Waals surface area contributed by atoms with Crippen molar-refractivity contribution in [1.29, 1.82) is 0 Å². The summed E-state index contributed by atoms with van der Waals surface area (Å²) in [5.41, 5.74) is 3.48. The van der Waals surface area contributed by atoms with Crippen molar-refractivity contribution in [3.05, 3.63) is 77.7 Å². The molecule has 1 atom stereocenters. The van der Waals surface area contributed by atoms with E-state index in [2.05, 4.69) is 21.5 Å². The summed E-state index contributed by atoms with van der Waals surface area (Å²) >= 11 is 0. The predicted octanol–water partition coefficient (Wildman–Crippen LogP) is 2.97. The van der Waals surface area contributed by atoms with Gasteiger partial charge in [0.2, 0.25) is 5.91 Å². The van der Waals surface area contributed by atoms with E-state index >= 15 is 0 Å². The Morgan fingerprint density at radius 1 is 1.19 bits per heavy atom. The fraction of sp³-hybridized carbons (Fsp3) is 0.250. The first-order valence-electron chi connectivity index (χ1n) is 8.69. The second-order valence-electron chi connectivity index (χ2n) is 6.31. The highest BCUT2D eigenvalue weighted by molar-refractivity contribution is 5.90. The van der Waals surface area contributed by atoms with Crippen LogP contribution in [0.5, 0.6) is 0 Å². The van der Waals surface area contributed by atoms with Crippen molar-refractivity contribution in [3.8, 4) is 0 Å². The number of nitrogens with one attached hydrogen (secondary N) is 1. The summed E-state index contributed by atoms with van der Waals surface area (Å²) in [6.45, 7) is 1.28. The Bertz CT molecular complexity index is 892. The topological polar surface area (TPSA) is 69.0 Å². The summed E-state index contributed by atoms with van der Waals surface area (Å²) in [5, 5.41) is 7.27. The highest BCUT2D eigenvalue weighted by Crippen LogP contribution is 2.29. The molecule has 1 amide bonds. The second kappa shape index (κ2) is 7.49. The summed E-state index contributed by atoms with van der Waals surface area (Å²) in [5.74, 6) is 0.453. The monoisotopic (exact) mass is 348 g/mol. The zero-order valence-corrected chi connectivity index (χ0v) is 14.3. The molecule has 0 radical (unpaired) electrons. The van der Waals surface area contributed by atoms with Crippen LogP contribution in [0.1, 0.15) is 29.2 Å². The Labute approximate surface area is 151 Å². The third kappa shape index (κ3) is 3.81. The number of nitrogens with zero attached hydrogens (tertiary/aromatic N) is 3. The van der Waals surface area contributed by atoms with Crippen molar-refractivity contribution >= 4 is 11.7 Å². The molecule has 132 valence electrons. The van der Waals surface area contributed by atoms with Gasteiger partial charge in [-0.3, -0.25) is 14.5 Å². The Hall–Kier alpha value is -2.99. The number of ether oxygens (including phenoxy) is 1. The number of anilines is 1. The molecule has 1 unspecified atom stereocenters. The maximum atomic E-state index is 12.4. The van der Waals surface area contributed by atoms with E-state index in [-0.39, 0.29) is 18.4 Å². The van der Waals surface area contributed by atoms with Crippen LogP contribution in [0.4, 0.5) is 5.82 Å². The number of benzene rings is 1. The Balaban J connectivity index is 1.37. The molecule has 4 rings (SSSR count). The van der Waals surface area contributed by atoms with Crippen molar-refractivity contribution in [3.63, 3.8) is 0 Å². The van der Waals surface area contributed by atoms with E-state index in [1.54, 1.807) is 23.1 Å². The summed E-state index contributed by atoms with van der Waals surface area (Å²) < 4.78 is 7.59. The maximum Gasteiger partial charge on any atom is 0.228 e. The number of amides is 1. The summed E-state index contributed by atoms with van der Waals surface area (Å²) in [7, 11) is 0. The van der Waals surface area contributed by atoms with Crippen molar-refractivity contribution < 1.29 is 9.53 Å². The molecule has 2 aromatic heterocycles. The summed E-state index contributed by atoms with van der Waals surface area (Å²) in [6, 6.07) is 13.8. The molecule has 6 heteroatoms. The van der Waals surface area contributed by atoms with Gasteiger partial charge in [-0.2, -0.15) is 5.10 Å². The molecular weight excluding hydrogens is 328 g/mol. The van der Waals surface area contributed by atoms with Crippen LogP contribution in [0.3, 0.4) is 0 Å². The van der Waals surface area contributed by atoms with Gasteiger partial charge in [0.15, 0.2) is 5.82 Å². The van der Waals surface area contributed by atoms with Crippen LogP contribution in [-0.2, 0) is 22.5 Å². The quantitative estimate of drug-likeness (QED) is 0.770. The Morgan fingerprint density at radius 3 is 2.92 bits per heavy atom. The molecule has 3 heterocycles. The zero-order chi connectivity index (χ0) is 17.8. The predicted molar refractivity (Wildman–Crippen MR) is 97.7 cm³/mol. The lowest BCUT2D eigenvalue weighted by Crippen LogP contribution is -2.22. The van der Waals surface area contributed by atoms with Crippen LogP contribution < -0.4 is 5.32 Å². The Kier molecular flexibility index (Phi) is 4.75. The number of carbonyl (C=O) groups excluding carboxylic acids is 1. The smallest absolute Gasteiger partial charge is 0.228 e. The van der Waals surface area contributed by atoms with Crippen molar-refractivity contribution in [2.45, 2.75) is 25.5 Å². The van der Waals surface area contributed by atoms with Crippen molar-refractivity contribution in [2.75, 3.05) is 11.9 Å². The van der Waals surface area contributed by atoms with E-state index in [1.807, 2.05) is 36.5 Å². The standard InChI is InChI=1S/C20H20N4O2/c25-20(13-18-17-4-2-1-3-16(17)8-12-26-18)22-19-7-11-24(23-19)14-15-5-9-21-10-6-15/h1-7,9-11,18H,8,12-14H2,(H,22,23,25). The molecule has 0 bridgehead atoms. The lowest BCUT2D eigenvalue weighted by Gasteiger charge is -2.25. The summed E-state index contributed by atoms with van der Waals surface area (Å²) in [6.07, 6.45) is 6.34. The van der Waals surface area contributed by atoms with Crippen molar-refractivity contribution in [1.82, 2.24) is 14.8 Å². The maximum absolute atomic E-state index is 12.4. The zero-order valence-electron chi connectivity index (χ0n) is 14.3. The fourth-order valence-corrected chi connectivity index (χ4v) is 3.20. The van der Waals surface area contributed by atoms with Crippen LogP contribution in [0.2, 0.25) is 0 Å². The van der Waals surface area contributed by atoms with E-state index in [0.717, 1.165) is 17.5 Å². The first kappa shape index (κ1) is 16.5. The average Bonchev–Trinajstić information content (AvgIpc) is 3.09. The highest BCUT2D eigenvalue weighted by atomic mass is 16.5. The number of hydrogen-bond donors (Lipinski definition) is 1. The molecule has 0 aliphatic carbocycles. The highest BCUT2D eigenvalue weighted by Gasteiger charge is 2.23. The van der Waals surface area contributed by atoms with Gasteiger partial charge < -0.3 is 10.1 Å². The number of fused-ring (bicyclic) bond motifs is 1. The molecule has 26 heavy (non-hydrogen) atoms. The molecule has 1 aliphatic rings. The third-order valence-corrected chi connectivity index (χ3v) is 4.47. The van der Waals surface area contributed by atoms with Gasteiger partial charge in [-0.1, -0.05) is 24.3 Å². The van der Waals surface area contributed by atoms with E-state index < -0.39 is 0 Å². The van der Waals surface area contributed by atoms with Gasteiger partial charge in [0, 0.05) is 24.7 Å². The average molecular weight is 348 g/mol. The third-order valence-electron chi connectivity index (χ3n) is 4.47. The Morgan fingerprint density at radius 2 is 2.04 bits per heavy atom. The van der Waals surface area contributed by atoms with E-state index in [9.17, 15) is 4.79 Å². The number of carbonyl (C=O) groups is 1. The number of hydrogen-bond acceptors (Lipinski definition) is 4. The minimum Gasteiger partial charge on any atom is -0.373 e. The fourth-order valence-electron chi connectivity index (χ4n) is 3.20. The van der Waals surface area contributed by atoms with Gasteiger partial charge in [-0.25, -0.2) is 0 Å². The number of aromatic nitrogens is 3. The van der Waals surface area contributed by atoms with Gasteiger partial charge >= 0.3 is 0 Å². The molecule has 0 fully saturated rings. The van der Waals surface area contributed by atoms with Crippen LogP contribution in [-0.4, -0.2) is 27.3 Å². The molecule has 6 nitrogen and oxygen atoms in total. The van der Waals surface area contributed by atoms with Gasteiger partial charge in [0.05, 0.1) is 25.7 Å². The van der Waals surface area contributed by atoms with E-state index in [0.29, 0.717) is 19.0 Å². The molecule has 3 aromatic rings. The van der Waals surface area contributed by atoms with Gasteiger partial charge in [0.25, 0.3) is 0 Å². The minimum atomic E-state index is -0.196. The minimum absolute atomic E-state index is 0.0964. The SMILES string of the molecule is O=C(CC1OCCc2ccccc21)Nc1ccn(Cc2ccncc2)n1. The largest absolute Gasteiger partial charge is 0.373 e. The van der Waals surface area contributed by atoms with Crippen molar-refractivity contribution in [2.24, 2.45) is 0 Å².